The molecule has 1 aliphatic heterocycles. The van der Waals surface area contributed by atoms with Gasteiger partial charge in [0.2, 0.25) is 0 Å². The Hall–Kier alpha value is -3.83. The van der Waals surface area contributed by atoms with Gasteiger partial charge in [0.15, 0.2) is 6.10 Å². The number of esters is 3. The summed E-state index contributed by atoms with van der Waals surface area (Å²) in [6.45, 7) is 5.90. The van der Waals surface area contributed by atoms with Gasteiger partial charge in [-0.3, -0.25) is 9.59 Å². The predicted octanol–water partition coefficient (Wildman–Crippen LogP) is 3.59. The number of halogens is 2. The van der Waals surface area contributed by atoms with E-state index in [0.29, 0.717) is 24.2 Å². The fraction of sp³-hybridized carbons (Fsp3) is 0.393. The highest BCUT2D eigenvalue weighted by Crippen LogP contribution is 2.40. The van der Waals surface area contributed by atoms with Crippen LogP contribution >= 0.6 is 11.6 Å². The molecule has 10 nitrogen and oxygen atoms in total. The van der Waals surface area contributed by atoms with Crippen molar-refractivity contribution in [2.24, 2.45) is 5.92 Å². The lowest BCUT2D eigenvalue weighted by Gasteiger charge is -2.20. The second-order valence-corrected chi connectivity index (χ2v) is 9.68. The smallest absolute Gasteiger partial charge is 0.347 e. The SMILES string of the molecule is C=CCOC(=O)C(C)OC(=O)c1cc(N2C(=O)C3=C(CC(C/C=C/COC(=O)C(C)O)CC3)C2=O)c(F)cc1Cl. The Labute approximate surface area is 235 Å². The van der Waals surface area contributed by atoms with Crippen LogP contribution in [0.4, 0.5) is 10.1 Å². The van der Waals surface area contributed by atoms with Crippen molar-refractivity contribution < 1.29 is 47.7 Å². The molecule has 0 bridgehead atoms. The quantitative estimate of drug-likeness (QED) is 0.181. The van der Waals surface area contributed by atoms with Crippen molar-refractivity contribution in [3.63, 3.8) is 0 Å². The Kier molecular flexibility index (Phi) is 10.4. The van der Waals surface area contributed by atoms with Crippen LogP contribution in [0.3, 0.4) is 0 Å². The third-order valence-electron chi connectivity index (χ3n) is 6.34. The van der Waals surface area contributed by atoms with E-state index in [1.807, 2.05) is 0 Å². The van der Waals surface area contributed by atoms with Crippen molar-refractivity contribution >= 4 is 47.0 Å². The third-order valence-corrected chi connectivity index (χ3v) is 6.65. The van der Waals surface area contributed by atoms with Crippen LogP contribution in [0.25, 0.3) is 0 Å². The van der Waals surface area contributed by atoms with Gasteiger partial charge >= 0.3 is 17.9 Å². The Bertz CT molecular complexity index is 1290. The molecule has 1 aromatic rings. The maximum atomic E-state index is 15.0. The summed E-state index contributed by atoms with van der Waals surface area (Å²) in [6, 6.07) is 1.74. The number of anilines is 1. The molecule has 214 valence electrons. The van der Waals surface area contributed by atoms with Crippen molar-refractivity contribution in [1.29, 1.82) is 0 Å². The van der Waals surface area contributed by atoms with Gasteiger partial charge in [-0.25, -0.2) is 23.7 Å². The van der Waals surface area contributed by atoms with Crippen LogP contribution in [0.5, 0.6) is 0 Å². The molecule has 1 N–H and O–H groups in total. The summed E-state index contributed by atoms with van der Waals surface area (Å²) in [4.78, 5) is 63.0. The minimum atomic E-state index is -1.31. The van der Waals surface area contributed by atoms with Crippen LogP contribution in [-0.2, 0) is 33.4 Å². The average molecular weight is 578 g/mol. The Balaban J connectivity index is 1.71. The highest BCUT2D eigenvalue weighted by Gasteiger charge is 2.43. The first-order chi connectivity index (χ1) is 19.0. The topological polar surface area (TPSA) is 137 Å². The molecule has 0 spiro atoms. The average Bonchev–Trinajstić information content (AvgIpc) is 3.15. The zero-order valence-corrected chi connectivity index (χ0v) is 22.7. The van der Waals surface area contributed by atoms with Gasteiger partial charge in [-0.15, -0.1) is 0 Å². The van der Waals surface area contributed by atoms with E-state index in [2.05, 4.69) is 6.58 Å². The molecule has 12 heteroatoms. The van der Waals surface area contributed by atoms with Crippen LogP contribution in [0.1, 0.15) is 49.9 Å². The van der Waals surface area contributed by atoms with E-state index in [1.165, 1.54) is 19.9 Å². The summed E-state index contributed by atoms with van der Waals surface area (Å²) in [5.74, 6) is -4.99. The number of benzene rings is 1. The van der Waals surface area contributed by atoms with E-state index in [0.717, 1.165) is 12.1 Å². The second-order valence-electron chi connectivity index (χ2n) is 9.27. The van der Waals surface area contributed by atoms with Gasteiger partial charge in [-0.05, 0) is 57.6 Å². The van der Waals surface area contributed by atoms with E-state index < -0.39 is 53.4 Å². The van der Waals surface area contributed by atoms with Crippen molar-refractivity contribution in [1.82, 2.24) is 0 Å². The highest BCUT2D eigenvalue weighted by molar-refractivity contribution is 6.35. The zero-order chi connectivity index (χ0) is 29.6. The first kappa shape index (κ1) is 30.7. The molecule has 1 aromatic carbocycles. The molecule has 0 aromatic heterocycles. The van der Waals surface area contributed by atoms with Crippen LogP contribution in [0.15, 0.2) is 48.1 Å². The predicted molar refractivity (Wildman–Crippen MR) is 141 cm³/mol. The number of hydrogen-bond acceptors (Lipinski definition) is 9. The number of aliphatic hydroxyl groups is 1. The number of allylic oxidation sites excluding steroid dienone is 1. The number of amides is 2. The van der Waals surface area contributed by atoms with E-state index >= 15 is 0 Å². The van der Waals surface area contributed by atoms with Crippen LogP contribution in [0, 0.1) is 11.7 Å². The first-order valence-corrected chi connectivity index (χ1v) is 12.9. The van der Waals surface area contributed by atoms with Gasteiger partial charge in [0.05, 0.1) is 16.3 Å². The highest BCUT2D eigenvalue weighted by atomic mass is 35.5. The van der Waals surface area contributed by atoms with E-state index in [1.54, 1.807) is 12.2 Å². The normalized spacial score (nSPS) is 18.4. The van der Waals surface area contributed by atoms with Crippen LogP contribution < -0.4 is 4.90 Å². The van der Waals surface area contributed by atoms with Gasteiger partial charge < -0.3 is 19.3 Å². The minimum absolute atomic E-state index is 0.00894. The van der Waals surface area contributed by atoms with E-state index in [-0.39, 0.29) is 47.3 Å². The molecule has 0 radical (unpaired) electrons. The third kappa shape index (κ3) is 7.02. The van der Waals surface area contributed by atoms with Crippen molar-refractivity contribution in [3.8, 4) is 0 Å². The number of rotatable bonds is 11. The number of carbonyl (C=O) groups is 5. The number of aliphatic hydroxyl groups excluding tert-OH is 1. The molecule has 0 saturated heterocycles. The molecule has 2 amide bonds. The summed E-state index contributed by atoms with van der Waals surface area (Å²) in [6.07, 6.45) is 3.96. The van der Waals surface area contributed by atoms with Crippen molar-refractivity contribution in [2.75, 3.05) is 18.1 Å². The summed E-state index contributed by atoms with van der Waals surface area (Å²) in [7, 11) is 0. The molecule has 0 fully saturated rings. The van der Waals surface area contributed by atoms with Gasteiger partial charge in [-0.1, -0.05) is 36.4 Å². The fourth-order valence-electron chi connectivity index (χ4n) is 4.25. The molecular weight excluding hydrogens is 549 g/mol. The molecular formula is C28H29ClFNO9. The Morgan fingerprint density at radius 1 is 1.12 bits per heavy atom. The molecule has 3 atom stereocenters. The fourth-order valence-corrected chi connectivity index (χ4v) is 4.48. The van der Waals surface area contributed by atoms with Crippen molar-refractivity contribution in [3.05, 3.63) is 64.5 Å². The van der Waals surface area contributed by atoms with E-state index in [4.69, 9.17) is 30.9 Å². The number of imide groups is 1. The lowest BCUT2D eigenvalue weighted by molar-refractivity contribution is -0.152. The molecule has 1 aliphatic carbocycles. The number of hydrogen-bond donors (Lipinski definition) is 1. The summed E-state index contributed by atoms with van der Waals surface area (Å²) < 4.78 is 29.7. The van der Waals surface area contributed by atoms with Gasteiger partial charge in [-0.2, -0.15) is 0 Å². The molecule has 3 unspecified atom stereocenters. The molecule has 0 saturated carbocycles. The molecule has 1 heterocycles. The van der Waals surface area contributed by atoms with Crippen LogP contribution in [-0.4, -0.2) is 60.3 Å². The second kappa shape index (κ2) is 13.5. The zero-order valence-electron chi connectivity index (χ0n) is 22.0. The number of carbonyl (C=O) groups excluding carboxylic acids is 5. The molecule has 40 heavy (non-hydrogen) atoms. The van der Waals surface area contributed by atoms with Gasteiger partial charge in [0.25, 0.3) is 11.8 Å². The molecule has 3 rings (SSSR count). The van der Waals surface area contributed by atoms with Crippen LogP contribution in [0.2, 0.25) is 5.02 Å². The Morgan fingerprint density at radius 2 is 1.80 bits per heavy atom. The lowest BCUT2D eigenvalue weighted by Crippen LogP contribution is -2.33. The Morgan fingerprint density at radius 3 is 2.48 bits per heavy atom. The maximum absolute atomic E-state index is 15.0. The summed E-state index contributed by atoms with van der Waals surface area (Å²) >= 11 is 6.05. The summed E-state index contributed by atoms with van der Waals surface area (Å²) in [5.41, 5.74) is -0.245. The number of nitrogens with zero attached hydrogens (tertiary/aromatic N) is 1. The lowest BCUT2D eigenvalue weighted by atomic mass is 9.83. The number of ether oxygens (including phenoxy) is 3. The largest absolute Gasteiger partial charge is 0.460 e. The maximum Gasteiger partial charge on any atom is 0.347 e. The monoisotopic (exact) mass is 577 g/mol. The molecule has 2 aliphatic rings. The van der Waals surface area contributed by atoms with Crippen molar-refractivity contribution in [2.45, 2.75) is 51.7 Å². The van der Waals surface area contributed by atoms with Gasteiger partial charge in [0.1, 0.15) is 25.1 Å². The standard InChI is InChI=1S/C28H29ClFNO9/c1-4-10-38-27(36)16(3)40-28(37)20-13-23(22(30)14-21(20)29)31-24(33)18-9-8-17(12-19(18)25(31)34)7-5-6-11-39-26(35)15(2)32/h4-6,13-17,32H,1,7-12H2,2-3H3/b6-5+. The van der Waals surface area contributed by atoms with E-state index in [9.17, 15) is 28.4 Å². The summed E-state index contributed by atoms with van der Waals surface area (Å²) in [5, 5.41) is 8.80. The van der Waals surface area contributed by atoms with Gasteiger partial charge in [0, 0.05) is 11.1 Å². The first-order valence-electron chi connectivity index (χ1n) is 12.5. The minimum Gasteiger partial charge on any atom is -0.460 e.